The molecular weight excluding hydrogens is 204 g/mol. The fourth-order valence-corrected chi connectivity index (χ4v) is 0.940. The minimum atomic E-state index is -1.25. The van der Waals surface area contributed by atoms with E-state index in [1.807, 2.05) is 0 Å². The van der Waals surface area contributed by atoms with Crippen LogP contribution in [-0.2, 0) is 11.2 Å². The number of nitrogens with zero attached hydrogens (tertiary/aromatic N) is 1. The van der Waals surface area contributed by atoms with Crippen molar-refractivity contribution in [3.05, 3.63) is 28.5 Å². The highest BCUT2D eigenvalue weighted by Crippen LogP contribution is 2.19. The number of pyridine rings is 1. The molecule has 13 heavy (non-hydrogen) atoms. The third-order valence-corrected chi connectivity index (χ3v) is 1.67. The zero-order chi connectivity index (χ0) is 10.0. The Bertz CT molecular complexity index is 357. The average molecular weight is 208 g/mol. The molecule has 6 heteroatoms. The van der Waals surface area contributed by atoms with Crippen molar-refractivity contribution in [3.63, 3.8) is 0 Å². The predicted octanol–water partition coefficient (Wildman–Crippen LogP) is 1.64. The summed E-state index contributed by atoms with van der Waals surface area (Å²) in [6, 6.07) is 0.494. The van der Waals surface area contributed by atoms with Crippen LogP contribution in [0, 0.1) is 11.8 Å². The van der Waals surface area contributed by atoms with Crippen LogP contribution in [0.15, 0.2) is 6.07 Å². The molecule has 0 amide bonds. The number of aliphatic carboxylic acids is 1. The number of carbonyl (C=O) groups is 1. The zero-order valence-corrected chi connectivity index (χ0v) is 6.98. The van der Waals surface area contributed by atoms with Crippen LogP contribution in [-0.4, -0.2) is 16.1 Å². The van der Waals surface area contributed by atoms with Gasteiger partial charge >= 0.3 is 5.97 Å². The largest absolute Gasteiger partial charge is 0.481 e. The molecule has 0 atom stereocenters. The number of hydrogen-bond acceptors (Lipinski definition) is 2. The van der Waals surface area contributed by atoms with E-state index in [2.05, 4.69) is 4.98 Å². The smallest absolute Gasteiger partial charge is 0.309 e. The van der Waals surface area contributed by atoms with E-state index in [0.29, 0.717) is 6.07 Å². The molecule has 0 unspecified atom stereocenters. The van der Waals surface area contributed by atoms with Crippen molar-refractivity contribution in [2.24, 2.45) is 0 Å². The molecule has 0 saturated heterocycles. The molecule has 0 saturated carbocycles. The Hall–Kier alpha value is -1.23. The van der Waals surface area contributed by atoms with Gasteiger partial charge in [-0.1, -0.05) is 11.6 Å². The molecule has 1 aromatic rings. The second kappa shape index (κ2) is 3.66. The van der Waals surface area contributed by atoms with Gasteiger partial charge in [-0.25, -0.2) is 9.37 Å². The summed E-state index contributed by atoms with van der Waals surface area (Å²) in [5.74, 6) is -3.34. The minimum Gasteiger partial charge on any atom is -0.481 e. The van der Waals surface area contributed by atoms with Crippen molar-refractivity contribution in [3.8, 4) is 0 Å². The number of aromatic nitrogens is 1. The number of rotatable bonds is 2. The first-order valence-corrected chi connectivity index (χ1v) is 3.60. The Morgan fingerprint density at radius 2 is 2.23 bits per heavy atom. The first kappa shape index (κ1) is 9.85. The molecule has 0 aliphatic rings. The Morgan fingerprint density at radius 3 is 2.77 bits per heavy atom. The van der Waals surface area contributed by atoms with Crippen LogP contribution in [0.25, 0.3) is 0 Å². The molecule has 3 nitrogen and oxygen atoms in total. The van der Waals surface area contributed by atoms with Gasteiger partial charge in [0.2, 0.25) is 5.95 Å². The Labute approximate surface area is 77.0 Å². The zero-order valence-electron chi connectivity index (χ0n) is 6.22. The molecule has 70 valence electrons. The fraction of sp³-hybridized carbons (Fsp3) is 0.143. The summed E-state index contributed by atoms with van der Waals surface area (Å²) in [6.07, 6.45) is -0.604. The molecule has 0 radical (unpaired) electrons. The van der Waals surface area contributed by atoms with Gasteiger partial charge in [0.15, 0.2) is 0 Å². The molecule has 0 aliphatic carbocycles. The molecule has 1 aromatic heterocycles. The number of halogens is 3. The Balaban J connectivity index is 3.12. The second-order valence-corrected chi connectivity index (χ2v) is 2.64. The summed E-state index contributed by atoms with van der Waals surface area (Å²) in [4.78, 5) is 13.4. The van der Waals surface area contributed by atoms with Gasteiger partial charge in [-0.05, 0) is 0 Å². The monoisotopic (exact) mass is 207 g/mol. The molecule has 0 fully saturated rings. The first-order valence-electron chi connectivity index (χ1n) is 3.23. The van der Waals surface area contributed by atoms with Crippen LogP contribution in [0.1, 0.15) is 5.69 Å². The normalized spacial score (nSPS) is 10.1. The van der Waals surface area contributed by atoms with E-state index in [9.17, 15) is 13.6 Å². The van der Waals surface area contributed by atoms with Crippen molar-refractivity contribution in [1.29, 1.82) is 0 Å². The molecule has 1 heterocycles. The van der Waals surface area contributed by atoms with E-state index in [1.165, 1.54) is 0 Å². The lowest BCUT2D eigenvalue weighted by Crippen LogP contribution is -2.05. The van der Waals surface area contributed by atoms with Crippen LogP contribution in [0.3, 0.4) is 0 Å². The van der Waals surface area contributed by atoms with Gasteiger partial charge in [0.25, 0.3) is 0 Å². The summed E-state index contributed by atoms with van der Waals surface area (Å²) < 4.78 is 25.1. The van der Waals surface area contributed by atoms with Crippen LogP contribution in [0.4, 0.5) is 8.78 Å². The van der Waals surface area contributed by atoms with E-state index < -0.39 is 29.2 Å². The minimum absolute atomic E-state index is 0.313. The van der Waals surface area contributed by atoms with Crippen LogP contribution < -0.4 is 0 Å². The molecule has 0 bridgehead atoms. The van der Waals surface area contributed by atoms with Gasteiger partial charge in [0.05, 0.1) is 17.1 Å². The quantitative estimate of drug-likeness (QED) is 0.750. The maximum absolute atomic E-state index is 12.7. The van der Waals surface area contributed by atoms with Crippen molar-refractivity contribution in [1.82, 2.24) is 4.98 Å². The van der Waals surface area contributed by atoms with Gasteiger partial charge in [0, 0.05) is 6.07 Å². The van der Waals surface area contributed by atoms with E-state index >= 15 is 0 Å². The van der Waals surface area contributed by atoms with Gasteiger partial charge in [-0.2, -0.15) is 4.39 Å². The van der Waals surface area contributed by atoms with E-state index in [-0.39, 0.29) is 5.69 Å². The van der Waals surface area contributed by atoms with E-state index in [4.69, 9.17) is 16.7 Å². The Kier molecular flexibility index (Phi) is 2.77. The number of hydrogen-bond donors (Lipinski definition) is 1. The van der Waals surface area contributed by atoms with E-state index in [1.54, 1.807) is 0 Å². The highest BCUT2D eigenvalue weighted by atomic mass is 35.5. The standard InChI is InChI=1S/C7H4ClF2NO2/c8-7-3(9)1-5(10)11-4(7)2-6(12)13/h1H,2H2,(H,12,13). The van der Waals surface area contributed by atoms with Gasteiger partial charge in [0.1, 0.15) is 5.82 Å². The maximum Gasteiger partial charge on any atom is 0.309 e. The number of carboxylic acids is 1. The highest BCUT2D eigenvalue weighted by Gasteiger charge is 2.13. The van der Waals surface area contributed by atoms with Gasteiger partial charge in [-0.15, -0.1) is 0 Å². The molecule has 0 spiro atoms. The van der Waals surface area contributed by atoms with Gasteiger partial charge in [-0.3, -0.25) is 4.79 Å². The summed E-state index contributed by atoms with van der Waals surface area (Å²) >= 11 is 5.34. The van der Waals surface area contributed by atoms with Crippen molar-refractivity contribution >= 4 is 17.6 Å². The maximum atomic E-state index is 12.7. The second-order valence-electron chi connectivity index (χ2n) is 2.26. The molecule has 1 rings (SSSR count). The first-order chi connectivity index (χ1) is 6.00. The predicted molar refractivity (Wildman–Crippen MR) is 40.5 cm³/mol. The molecular formula is C7H4ClF2NO2. The average Bonchev–Trinajstić information content (AvgIpc) is 1.98. The SMILES string of the molecule is O=C(O)Cc1nc(F)cc(F)c1Cl. The lowest BCUT2D eigenvalue weighted by Gasteiger charge is -2.00. The third-order valence-electron chi connectivity index (χ3n) is 1.27. The van der Waals surface area contributed by atoms with Crippen LogP contribution in [0.2, 0.25) is 5.02 Å². The molecule has 1 N–H and O–H groups in total. The van der Waals surface area contributed by atoms with Crippen molar-refractivity contribution < 1.29 is 18.7 Å². The van der Waals surface area contributed by atoms with Crippen molar-refractivity contribution in [2.75, 3.05) is 0 Å². The lowest BCUT2D eigenvalue weighted by atomic mass is 10.2. The summed E-state index contributed by atoms with van der Waals surface area (Å²) in [6.45, 7) is 0. The highest BCUT2D eigenvalue weighted by molar-refractivity contribution is 6.31. The lowest BCUT2D eigenvalue weighted by molar-refractivity contribution is -0.136. The van der Waals surface area contributed by atoms with Crippen molar-refractivity contribution in [2.45, 2.75) is 6.42 Å². The van der Waals surface area contributed by atoms with Crippen LogP contribution >= 0.6 is 11.6 Å². The summed E-state index contributed by atoms with van der Waals surface area (Å²) in [5, 5.41) is 7.87. The molecule has 0 aromatic carbocycles. The fourth-order valence-electron chi connectivity index (χ4n) is 0.776. The van der Waals surface area contributed by atoms with Gasteiger partial charge < -0.3 is 5.11 Å². The third kappa shape index (κ3) is 2.35. The van der Waals surface area contributed by atoms with Crippen LogP contribution in [0.5, 0.6) is 0 Å². The summed E-state index contributed by atoms with van der Waals surface area (Å²) in [7, 11) is 0. The number of carboxylic acid groups (broad SMARTS) is 1. The summed E-state index contributed by atoms with van der Waals surface area (Å²) in [5.41, 5.74) is -0.313. The Morgan fingerprint density at radius 1 is 1.62 bits per heavy atom. The van der Waals surface area contributed by atoms with E-state index in [0.717, 1.165) is 0 Å². The molecule has 0 aliphatic heterocycles. The topological polar surface area (TPSA) is 50.2 Å².